The zero-order valence-corrected chi connectivity index (χ0v) is 17.9. The Morgan fingerprint density at radius 2 is 1.72 bits per heavy atom. The number of hydrogen-bond acceptors (Lipinski definition) is 6. The van der Waals surface area contributed by atoms with Crippen LogP contribution in [0.2, 0.25) is 0 Å². The summed E-state index contributed by atoms with van der Waals surface area (Å²) < 4.78 is 29.2. The molecule has 1 heterocycles. The van der Waals surface area contributed by atoms with Gasteiger partial charge in [0.25, 0.3) is 5.91 Å². The maximum atomic E-state index is 13.3. The summed E-state index contributed by atoms with van der Waals surface area (Å²) in [6.45, 7) is 0.271. The van der Waals surface area contributed by atoms with Gasteiger partial charge < -0.3 is 19.5 Å². The number of methoxy groups -OCH3 is 3. The molecule has 3 rings (SSSR count). The number of nitrogens with zero attached hydrogens (tertiary/aromatic N) is 2. The van der Waals surface area contributed by atoms with Crippen LogP contribution in [0, 0.1) is 5.82 Å². The number of carbonyl (C=O) groups is 1. The van der Waals surface area contributed by atoms with E-state index in [1.165, 1.54) is 45.6 Å². The molecule has 9 heteroatoms. The van der Waals surface area contributed by atoms with Crippen molar-refractivity contribution in [1.82, 2.24) is 10.3 Å². The number of rotatable bonds is 7. The van der Waals surface area contributed by atoms with Crippen molar-refractivity contribution in [2.24, 2.45) is 4.99 Å². The van der Waals surface area contributed by atoms with Crippen LogP contribution in [0.1, 0.15) is 15.9 Å². The van der Waals surface area contributed by atoms with Gasteiger partial charge in [-0.15, -0.1) is 0 Å². The quantitative estimate of drug-likeness (QED) is 0.432. The highest BCUT2D eigenvalue weighted by molar-refractivity contribution is 6.10. The second-order valence-electron chi connectivity index (χ2n) is 6.53. The monoisotopic (exact) mass is 438 g/mol. The number of amides is 1. The van der Waals surface area contributed by atoms with E-state index in [1.807, 2.05) is 6.07 Å². The molecule has 0 saturated carbocycles. The van der Waals surface area contributed by atoms with E-state index in [0.29, 0.717) is 22.9 Å². The Hall–Kier alpha value is -4.14. The predicted molar refractivity (Wildman–Crippen MR) is 119 cm³/mol. The molecule has 0 atom stereocenters. The number of aliphatic imine (C=N–C) groups is 1. The molecular formula is C23H23FN4O4. The van der Waals surface area contributed by atoms with E-state index >= 15 is 0 Å². The highest BCUT2D eigenvalue weighted by atomic mass is 19.1. The summed E-state index contributed by atoms with van der Waals surface area (Å²) in [6.07, 6.45) is 3.34. The summed E-state index contributed by atoms with van der Waals surface area (Å²) in [7, 11) is 4.42. The number of carbonyl (C=O) groups excluding carboxylic acids is 1. The minimum Gasteiger partial charge on any atom is -0.493 e. The van der Waals surface area contributed by atoms with Gasteiger partial charge in [0.15, 0.2) is 11.5 Å². The van der Waals surface area contributed by atoms with Crippen molar-refractivity contribution < 1.29 is 23.4 Å². The van der Waals surface area contributed by atoms with Gasteiger partial charge in [0.05, 0.1) is 27.9 Å². The lowest BCUT2D eigenvalue weighted by molar-refractivity contribution is 0.0976. The molecule has 1 amide bonds. The Morgan fingerprint density at radius 1 is 1.03 bits per heavy atom. The first-order valence-corrected chi connectivity index (χ1v) is 9.61. The molecule has 3 aromatic rings. The van der Waals surface area contributed by atoms with Gasteiger partial charge in [-0.05, 0) is 48.0 Å². The average Bonchev–Trinajstić information content (AvgIpc) is 2.83. The van der Waals surface area contributed by atoms with Crippen molar-refractivity contribution in [1.29, 1.82) is 0 Å². The number of halogens is 1. The first-order valence-electron chi connectivity index (χ1n) is 9.61. The zero-order valence-electron chi connectivity index (χ0n) is 17.9. The fourth-order valence-corrected chi connectivity index (χ4v) is 2.83. The fourth-order valence-electron chi connectivity index (χ4n) is 2.83. The standard InChI is InChI=1S/C23H23FN4O4/c1-30-19-11-16(12-20(31-2)21(19)32-3)22(29)28-23(26-14-15-5-4-10-25-13-15)27-18-8-6-17(24)7-9-18/h4-13H,14H2,1-3H3,(H2,26,27,28,29). The third kappa shape index (κ3) is 5.72. The van der Waals surface area contributed by atoms with Crippen LogP contribution in [0.4, 0.5) is 10.1 Å². The summed E-state index contributed by atoms with van der Waals surface area (Å²) in [5.74, 6) is 0.421. The third-order valence-corrected chi connectivity index (χ3v) is 4.41. The van der Waals surface area contributed by atoms with Crippen LogP contribution in [0.25, 0.3) is 0 Å². The molecule has 0 radical (unpaired) electrons. The van der Waals surface area contributed by atoms with E-state index in [4.69, 9.17) is 14.2 Å². The van der Waals surface area contributed by atoms with Crippen LogP contribution in [0.5, 0.6) is 17.2 Å². The van der Waals surface area contributed by atoms with Crippen LogP contribution >= 0.6 is 0 Å². The van der Waals surface area contributed by atoms with E-state index in [2.05, 4.69) is 20.6 Å². The average molecular weight is 438 g/mol. The van der Waals surface area contributed by atoms with E-state index in [-0.39, 0.29) is 23.9 Å². The number of benzene rings is 2. The third-order valence-electron chi connectivity index (χ3n) is 4.41. The van der Waals surface area contributed by atoms with Crippen molar-refractivity contribution in [3.8, 4) is 17.2 Å². The van der Waals surface area contributed by atoms with Crippen molar-refractivity contribution in [2.45, 2.75) is 6.54 Å². The molecule has 0 unspecified atom stereocenters. The van der Waals surface area contributed by atoms with Gasteiger partial charge in [-0.1, -0.05) is 6.07 Å². The maximum absolute atomic E-state index is 13.3. The van der Waals surface area contributed by atoms with Crippen LogP contribution < -0.4 is 24.8 Å². The summed E-state index contributed by atoms with van der Waals surface area (Å²) in [4.78, 5) is 21.5. The molecule has 0 saturated heterocycles. The first kappa shape index (κ1) is 22.5. The molecule has 0 fully saturated rings. The van der Waals surface area contributed by atoms with Crippen LogP contribution in [-0.4, -0.2) is 38.2 Å². The molecule has 1 aromatic heterocycles. The number of guanidine groups is 1. The zero-order chi connectivity index (χ0) is 22.9. The molecule has 166 valence electrons. The first-order chi connectivity index (χ1) is 15.5. The van der Waals surface area contributed by atoms with Gasteiger partial charge in [-0.2, -0.15) is 0 Å². The number of anilines is 1. The van der Waals surface area contributed by atoms with E-state index in [0.717, 1.165) is 5.56 Å². The van der Waals surface area contributed by atoms with Crippen LogP contribution in [-0.2, 0) is 6.54 Å². The molecule has 0 bridgehead atoms. The van der Waals surface area contributed by atoms with Crippen molar-refractivity contribution in [2.75, 3.05) is 26.6 Å². The molecule has 0 aliphatic carbocycles. The van der Waals surface area contributed by atoms with Crippen LogP contribution in [0.3, 0.4) is 0 Å². The number of pyridine rings is 1. The van der Waals surface area contributed by atoms with Gasteiger partial charge in [0, 0.05) is 23.6 Å². The largest absolute Gasteiger partial charge is 0.493 e. The van der Waals surface area contributed by atoms with Gasteiger partial charge >= 0.3 is 0 Å². The van der Waals surface area contributed by atoms with E-state index in [1.54, 1.807) is 30.6 Å². The number of hydrogen-bond donors (Lipinski definition) is 2. The van der Waals surface area contributed by atoms with Gasteiger partial charge in [0.2, 0.25) is 11.7 Å². The smallest absolute Gasteiger partial charge is 0.258 e. The van der Waals surface area contributed by atoms with E-state index in [9.17, 15) is 9.18 Å². The van der Waals surface area contributed by atoms with Gasteiger partial charge in [-0.3, -0.25) is 15.1 Å². The molecule has 0 spiro atoms. The topological polar surface area (TPSA) is 94.1 Å². The second-order valence-corrected chi connectivity index (χ2v) is 6.53. The Morgan fingerprint density at radius 3 is 2.28 bits per heavy atom. The number of aromatic nitrogens is 1. The van der Waals surface area contributed by atoms with Gasteiger partial charge in [-0.25, -0.2) is 9.38 Å². The summed E-state index contributed by atoms with van der Waals surface area (Å²) in [6, 6.07) is 12.4. The van der Waals surface area contributed by atoms with Crippen LogP contribution in [0.15, 0.2) is 65.9 Å². The Balaban J connectivity index is 1.87. The molecule has 32 heavy (non-hydrogen) atoms. The number of ether oxygens (including phenoxy) is 3. The fraction of sp³-hybridized carbons (Fsp3) is 0.174. The van der Waals surface area contributed by atoms with Crippen molar-refractivity contribution in [3.05, 3.63) is 77.9 Å². The molecule has 2 aromatic carbocycles. The highest BCUT2D eigenvalue weighted by Crippen LogP contribution is 2.38. The summed E-state index contributed by atoms with van der Waals surface area (Å²) in [5, 5.41) is 5.74. The molecule has 2 N–H and O–H groups in total. The number of nitrogens with one attached hydrogen (secondary N) is 2. The molecule has 0 aliphatic heterocycles. The highest BCUT2D eigenvalue weighted by Gasteiger charge is 2.18. The van der Waals surface area contributed by atoms with Gasteiger partial charge in [0.1, 0.15) is 5.82 Å². The molecular weight excluding hydrogens is 415 g/mol. The Kier molecular flexibility index (Phi) is 7.58. The normalized spacial score (nSPS) is 10.9. The lowest BCUT2D eigenvalue weighted by Crippen LogP contribution is -2.36. The second kappa shape index (κ2) is 10.8. The summed E-state index contributed by atoms with van der Waals surface area (Å²) >= 11 is 0. The lowest BCUT2D eigenvalue weighted by Gasteiger charge is -2.15. The minimum atomic E-state index is -0.455. The Labute approximate surface area is 185 Å². The lowest BCUT2D eigenvalue weighted by atomic mass is 10.1. The van der Waals surface area contributed by atoms with Crippen molar-refractivity contribution in [3.63, 3.8) is 0 Å². The van der Waals surface area contributed by atoms with Crippen molar-refractivity contribution >= 4 is 17.6 Å². The maximum Gasteiger partial charge on any atom is 0.258 e. The molecule has 8 nitrogen and oxygen atoms in total. The SMILES string of the molecule is COc1cc(C(=O)NC(=NCc2cccnc2)Nc2ccc(F)cc2)cc(OC)c1OC. The summed E-state index contributed by atoms with van der Waals surface area (Å²) in [5.41, 5.74) is 1.68. The Bertz CT molecular complexity index is 1060. The predicted octanol–water partition coefficient (Wildman–Crippen LogP) is 3.64. The minimum absolute atomic E-state index is 0.180. The molecule has 0 aliphatic rings. The van der Waals surface area contributed by atoms with E-state index < -0.39 is 5.91 Å².